The molecular weight excluding hydrogens is 576 g/mol. The van der Waals surface area contributed by atoms with Crippen molar-refractivity contribution in [1.82, 2.24) is 20.9 Å². The number of aliphatic carboxylic acids is 2. The van der Waals surface area contributed by atoms with Crippen LogP contribution in [0.3, 0.4) is 0 Å². The Bertz CT molecular complexity index is 1520. The molecule has 0 fully saturated rings. The highest BCUT2D eigenvalue weighted by atomic mass is 16.4. The van der Waals surface area contributed by atoms with Gasteiger partial charge in [0.2, 0.25) is 23.6 Å². The van der Waals surface area contributed by atoms with Crippen LogP contribution in [-0.2, 0) is 41.6 Å². The normalized spacial score (nSPS) is 13.7. The highest BCUT2D eigenvalue weighted by Gasteiger charge is 2.32. The molecule has 0 spiro atoms. The van der Waals surface area contributed by atoms with E-state index in [1.165, 1.54) is 24.3 Å². The van der Waals surface area contributed by atoms with Crippen LogP contribution in [0.15, 0.2) is 54.7 Å². The Labute approximate surface area is 251 Å². The fraction of sp³-hybridized carbons (Fsp3) is 0.310. The van der Waals surface area contributed by atoms with E-state index in [0.29, 0.717) is 5.56 Å². The summed E-state index contributed by atoms with van der Waals surface area (Å²) in [4.78, 5) is 77.1. The van der Waals surface area contributed by atoms with E-state index < -0.39 is 72.6 Å². The summed E-state index contributed by atoms with van der Waals surface area (Å²) in [5, 5.41) is 36.0. The van der Waals surface area contributed by atoms with Gasteiger partial charge in [-0.15, -0.1) is 0 Å². The average Bonchev–Trinajstić information content (AvgIpc) is 3.37. The van der Waals surface area contributed by atoms with Crippen LogP contribution < -0.4 is 27.4 Å². The molecule has 0 saturated heterocycles. The van der Waals surface area contributed by atoms with Gasteiger partial charge in [-0.3, -0.25) is 24.0 Å². The number of carboxylic acids is 2. The topological polar surface area (TPSA) is 267 Å². The number of primary amides is 1. The number of H-pyrrole nitrogens is 1. The zero-order valence-electron chi connectivity index (χ0n) is 23.5. The molecule has 1 aromatic heterocycles. The molecule has 4 unspecified atom stereocenters. The molecule has 44 heavy (non-hydrogen) atoms. The average molecular weight is 611 g/mol. The second-order valence-electron chi connectivity index (χ2n) is 10.2. The number of nitrogens with two attached hydrogens (primary N) is 2. The number of aromatic hydroxyl groups is 1. The van der Waals surface area contributed by atoms with Crippen LogP contribution in [0.25, 0.3) is 10.9 Å². The first-order valence-corrected chi connectivity index (χ1v) is 13.6. The monoisotopic (exact) mass is 610 g/mol. The van der Waals surface area contributed by atoms with E-state index in [9.17, 15) is 39.0 Å². The summed E-state index contributed by atoms with van der Waals surface area (Å²) in [5.74, 6) is -6.54. The number of carbonyl (C=O) groups is 6. The first-order chi connectivity index (χ1) is 20.8. The highest BCUT2D eigenvalue weighted by Crippen LogP contribution is 2.19. The third-order valence-electron chi connectivity index (χ3n) is 6.76. The smallest absolute Gasteiger partial charge is 0.326 e. The van der Waals surface area contributed by atoms with Crippen LogP contribution in [0.5, 0.6) is 5.75 Å². The van der Waals surface area contributed by atoms with Gasteiger partial charge in [-0.05, 0) is 42.2 Å². The van der Waals surface area contributed by atoms with Gasteiger partial charge in [0.05, 0.1) is 12.5 Å². The van der Waals surface area contributed by atoms with Crippen molar-refractivity contribution in [2.45, 2.75) is 56.3 Å². The molecular formula is C29H34N6O9. The number of aromatic amines is 1. The quantitative estimate of drug-likeness (QED) is 0.0980. The summed E-state index contributed by atoms with van der Waals surface area (Å²) in [6.45, 7) is 0. The van der Waals surface area contributed by atoms with E-state index in [1.54, 1.807) is 6.20 Å². The molecule has 0 saturated carbocycles. The Hall–Kier alpha value is -5.44. The van der Waals surface area contributed by atoms with Crippen molar-refractivity contribution in [2.75, 3.05) is 0 Å². The molecule has 0 aliphatic carbocycles. The fourth-order valence-corrected chi connectivity index (χ4v) is 4.47. The van der Waals surface area contributed by atoms with Crippen molar-refractivity contribution < 1.29 is 44.1 Å². The van der Waals surface area contributed by atoms with Gasteiger partial charge >= 0.3 is 11.9 Å². The van der Waals surface area contributed by atoms with E-state index in [-0.39, 0.29) is 25.0 Å². The number of para-hydroxylation sites is 1. The van der Waals surface area contributed by atoms with Crippen LogP contribution in [0, 0.1) is 0 Å². The molecule has 2 aromatic carbocycles. The summed E-state index contributed by atoms with van der Waals surface area (Å²) in [5.41, 5.74) is 13.4. The number of nitrogens with one attached hydrogen (secondary N) is 4. The lowest BCUT2D eigenvalue weighted by molar-refractivity contribution is -0.142. The van der Waals surface area contributed by atoms with Gasteiger partial charge < -0.3 is 47.7 Å². The zero-order valence-corrected chi connectivity index (χ0v) is 23.5. The zero-order chi connectivity index (χ0) is 32.4. The molecule has 0 aliphatic heterocycles. The van der Waals surface area contributed by atoms with Gasteiger partial charge in [0.1, 0.15) is 23.9 Å². The number of carboxylic acid groups (broad SMARTS) is 2. The van der Waals surface area contributed by atoms with Crippen LogP contribution in [-0.4, -0.2) is 80.0 Å². The highest BCUT2D eigenvalue weighted by molar-refractivity contribution is 5.96. The van der Waals surface area contributed by atoms with Crippen molar-refractivity contribution in [1.29, 1.82) is 0 Å². The predicted octanol–water partition coefficient (Wildman–Crippen LogP) is -0.735. The summed E-state index contributed by atoms with van der Waals surface area (Å²) in [7, 11) is 0. The van der Waals surface area contributed by atoms with Gasteiger partial charge in [-0.2, -0.15) is 0 Å². The van der Waals surface area contributed by atoms with Crippen LogP contribution in [0.4, 0.5) is 0 Å². The first kappa shape index (κ1) is 33.1. The van der Waals surface area contributed by atoms with Crippen molar-refractivity contribution in [2.24, 2.45) is 11.5 Å². The molecule has 0 bridgehead atoms. The van der Waals surface area contributed by atoms with E-state index in [1.807, 2.05) is 24.3 Å². The summed E-state index contributed by atoms with van der Waals surface area (Å²) < 4.78 is 0. The Kier molecular flexibility index (Phi) is 11.4. The summed E-state index contributed by atoms with van der Waals surface area (Å²) in [6, 6.07) is 7.21. The Morgan fingerprint density at radius 3 is 2.05 bits per heavy atom. The number of benzene rings is 2. The maximum absolute atomic E-state index is 13.2. The minimum atomic E-state index is -1.65. The number of phenols is 1. The summed E-state index contributed by atoms with van der Waals surface area (Å²) in [6.07, 6.45) is -0.0291. The van der Waals surface area contributed by atoms with Gasteiger partial charge in [-0.1, -0.05) is 30.3 Å². The van der Waals surface area contributed by atoms with Crippen molar-refractivity contribution in [3.8, 4) is 5.75 Å². The minimum Gasteiger partial charge on any atom is -0.508 e. The van der Waals surface area contributed by atoms with Gasteiger partial charge in [0.15, 0.2) is 0 Å². The molecule has 11 N–H and O–H groups in total. The molecule has 3 aromatic rings. The van der Waals surface area contributed by atoms with Crippen LogP contribution in [0.1, 0.15) is 30.4 Å². The standard InChI is InChI=1S/C29H34N6O9/c30-19(12-16-14-32-20-4-2-1-3-18(16)20)26(40)33-21(9-10-25(38)39)27(41)34-22(13-24(31)37)28(42)35-23(29(43)44)11-15-5-7-17(36)8-6-15/h1-8,14,19,21-23,32,36H,9-13,30H2,(H2,31,37)(H,33,40)(H,34,41)(H,35,42)(H,38,39)(H,43,44). The molecule has 4 amide bonds. The van der Waals surface area contributed by atoms with Crippen molar-refractivity contribution >= 4 is 46.5 Å². The third-order valence-corrected chi connectivity index (χ3v) is 6.76. The number of fused-ring (bicyclic) bond motifs is 1. The number of carbonyl (C=O) groups excluding carboxylic acids is 4. The van der Waals surface area contributed by atoms with Crippen molar-refractivity contribution in [3.05, 3.63) is 65.9 Å². The number of rotatable bonds is 16. The molecule has 4 atom stereocenters. The van der Waals surface area contributed by atoms with Gasteiger partial charge in [0.25, 0.3) is 0 Å². The maximum Gasteiger partial charge on any atom is 0.326 e. The van der Waals surface area contributed by atoms with Crippen molar-refractivity contribution in [3.63, 3.8) is 0 Å². The summed E-state index contributed by atoms with van der Waals surface area (Å²) >= 11 is 0. The number of hydrogen-bond donors (Lipinski definition) is 9. The van der Waals surface area contributed by atoms with Gasteiger partial charge in [0, 0.05) is 29.9 Å². The van der Waals surface area contributed by atoms with Crippen LogP contribution in [0.2, 0.25) is 0 Å². The molecule has 1 heterocycles. The Balaban J connectivity index is 1.72. The largest absolute Gasteiger partial charge is 0.508 e. The minimum absolute atomic E-state index is 0.0441. The lowest BCUT2D eigenvalue weighted by atomic mass is 10.0. The molecule has 3 rings (SSSR count). The second kappa shape index (κ2) is 15.2. The molecule has 15 heteroatoms. The van der Waals surface area contributed by atoms with E-state index in [2.05, 4.69) is 20.9 Å². The fourth-order valence-electron chi connectivity index (χ4n) is 4.47. The number of aromatic nitrogens is 1. The second-order valence-corrected chi connectivity index (χ2v) is 10.2. The number of hydrogen-bond acceptors (Lipinski definition) is 8. The van der Waals surface area contributed by atoms with Crippen LogP contribution >= 0.6 is 0 Å². The molecule has 15 nitrogen and oxygen atoms in total. The van der Waals surface area contributed by atoms with E-state index in [0.717, 1.165) is 16.5 Å². The SMILES string of the molecule is NC(=O)CC(NC(=O)C(CCC(=O)O)NC(=O)C(N)Cc1c[nH]c2ccccc12)C(=O)NC(Cc1ccc(O)cc1)C(=O)O. The van der Waals surface area contributed by atoms with Gasteiger partial charge in [-0.25, -0.2) is 4.79 Å². The van der Waals surface area contributed by atoms with E-state index in [4.69, 9.17) is 16.6 Å². The maximum atomic E-state index is 13.2. The Morgan fingerprint density at radius 2 is 1.41 bits per heavy atom. The Morgan fingerprint density at radius 1 is 0.795 bits per heavy atom. The van der Waals surface area contributed by atoms with E-state index >= 15 is 0 Å². The number of amides is 4. The molecule has 234 valence electrons. The predicted molar refractivity (Wildman–Crippen MR) is 156 cm³/mol. The lowest BCUT2D eigenvalue weighted by Gasteiger charge is -2.24. The molecule has 0 radical (unpaired) electrons. The molecule has 0 aliphatic rings. The first-order valence-electron chi connectivity index (χ1n) is 13.6. The number of phenolic OH excluding ortho intramolecular Hbond substituents is 1. The third kappa shape index (κ3) is 9.55. The lowest BCUT2D eigenvalue weighted by Crippen LogP contribution is -2.58.